The molecule has 0 aliphatic rings. The van der Waals surface area contributed by atoms with Crippen LogP contribution < -0.4 is 5.30 Å². The summed E-state index contributed by atoms with van der Waals surface area (Å²) in [6, 6.07) is 17.5. The van der Waals surface area contributed by atoms with E-state index in [0.717, 1.165) is 13.0 Å². The molecular formula is C23H30NP. The molecule has 0 N–H and O–H groups in total. The molecule has 25 heavy (non-hydrogen) atoms. The Labute approximate surface area is 155 Å². The van der Waals surface area contributed by atoms with E-state index in [1.165, 1.54) is 27.6 Å². The van der Waals surface area contributed by atoms with Gasteiger partial charge in [-0.25, -0.2) is 0 Å². The van der Waals surface area contributed by atoms with Crippen molar-refractivity contribution in [3.8, 4) is 0 Å². The van der Waals surface area contributed by atoms with Gasteiger partial charge in [0.05, 0.1) is 0 Å². The molecule has 2 aromatic rings. The molecule has 0 spiro atoms. The summed E-state index contributed by atoms with van der Waals surface area (Å²) < 4.78 is 0. The molecule has 2 rings (SSSR count). The summed E-state index contributed by atoms with van der Waals surface area (Å²) in [5.41, 5.74) is 5.22. The van der Waals surface area contributed by atoms with Crippen molar-refractivity contribution in [2.24, 2.45) is 5.92 Å². The fourth-order valence-corrected chi connectivity index (χ4v) is 3.62. The van der Waals surface area contributed by atoms with Crippen molar-refractivity contribution in [2.75, 3.05) is 7.05 Å². The van der Waals surface area contributed by atoms with Gasteiger partial charge in [-0.05, 0) is 49.3 Å². The molecule has 0 fully saturated rings. The monoisotopic (exact) mass is 351 g/mol. The Bertz CT molecular complexity index is 720. The summed E-state index contributed by atoms with van der Waals surface area (Å²) in [5.74, 6) is 0.267. The lowest BCUT2D eigenvalue weighted by molar-refractivity contribution is 0.218. The zero-order chi connectivity index (χ0) is 18.4. The average molecular weight is 351 g/mol. The van der Waals surface area contributed by atoms with Crippen LogP contribution in [0.4, 0.5) is 0 Å². The van der Waals surface area contributed by atoms with E-state index in [1.807, 2.05) is 6.08 Å². The van der Waals surface area contributed by atoms with Crippen molar-refractivity contribution in [2.45, 2.75) is 32.9 Å². The van der Waals surface area contributed by atoms with Gasteiger partial charge in [0.1, 0.15) is 0 Å². The highest BCUT2D eigenvalue weighted by atomic mass is 31.0. The molecule has 0 bridgehead atoms. The van der Waals surface area contributed by atoms with Gasteiger partial charge in [-0.2, -0.15) is 0 Å². The van der Waals surface area contributed by atoms with Gasteiger partial charge in [-0.15, -0.1) is 15.8 Å². The number of benzene rings is 2. The van der Waals surface area contributed by atoms with Gasteiger partial charge >= 0.3 is 0 Å². The second kappa shape index (κ2) is 9.13. The summed E-state index contributed by atoms with van der Waals surface area (Å²) in [7, 11) is 4.93. The first kappa shape index (κ1) is 19.6. The molecule has 132 valence electrons. The maximum atomic E-state index is 4.39. The first-order valence-electron chi connectivity index (χ1n) is 8.81. The van der Waals surface area contributed by atoms with Crippen LogP contribution in [0, 0.1) is 12.8 Å². The molecular weight excluding hydrogens is 321 g/mol. The lowest BCUT2D eigenvalue weighted by Crippen LogP contribution is -2.35. The molecule has 0 radical (unpaired) electrons. The molecule has 0 aliphatic heterocycles. The van der Waals surface area contributed by atoms with Crippen molar-refractivity contribution in [1.29, 1.82) is 0 Å². The van der Waals surface area contributed by atoms with E-state index < -0.39 is 0 Å². The molecule has 0 amide bonds. The van der Waals surface area contributed by atoms with Crippen LogP contribution in [0.1, 0.15) is 23.6 Å². The zero-order valence-electron chi connectivity index (χ0n) is 15.7. The SMILES string of the molecule is C=CC(C(=C)Cc1ccc(P)cc1C)C(C)N(C)Cc1ccccc1. The predicted octanol–water partition coefficient (Wildman–Crippen LogP) is 4.92. The standard InChI is InChI=1S/C23H30NP/c1-6-23(18(3)14-21-12-13-22(25)15-17(21)2)19(4)24(5)16-20-10-8-7-9-11-20/h6-13,15,19,23H,1,3,14,16,25H2,2,4-5H3. The Kier molecular flexibility index (Phi) is 7.17. The van der Waals surface area contributed by atoms with Crippen LogP contribution in [-0.4, -0.2) is 18.0 Å². The van der Waals surface area contributed by atoms with E-state index in [1.54, 1.807) is 0 Å². The smallest absolute Gasteiger partial charge is 0.0233 e. The van der Waals surface area contributed by atoms with E-state index >= 15 is 0 Å². The molecule has 2 aromatic carbocycles. The minimum absolute atomic E-state index is 0.267. The van der Waals surface area contributed by atoms with E-state index in [9.17, 15) is 0 Å². The van der Waals surface area contributed by atoms with Crippen LogP contribution in [-0.2, 0) is 13.0 Å². The van der Waals surface area contributed by atoms with Crippen LogP contribution in [0.5, 0.6) is 0 Å². The summed E-state index contributed by atoms with van der Waals surface area (Å²) in [5, 5.41) is 1.23. The largest absolute Gasteiger partial charge is 0.299 e. The lowest BCUT2D eigenvalue weighted by Gasteiger charge is -2.32. The van der Waals surface area contributed by atoms with Crippen molar-refractivity contribution in [1.82, 2.24) is 4.90 Å². The lowest BCUT2D eigenvalue weighted by atomic mass is 9.87. The third-order valence-electron chi connectivity index (χ3n) is 5.00. The highest BCUT2D eigenvalue weighted by Crippen LogP contribution is 2.24. The van der Waals surface area contributed by atoms with Gasteiger partial charge in [-0.1, -0.05) is 66.8 Å². The maximum Gasteiger partial charge on any atom is 0.0233 e. The van der Waals surface area contributed by atoms with Gasteiger partial charge in [0, 0.05) is 18.5 Å². The Morgan fingerprint density at radius 2 is 1.88 bits per heavy atom. The fraction of sp³-hybridized carbons (Fsp3) is 0.304. The summed E-state index contributed by atoms with van der Waals surface area (Å²) in [4.78, 5) is 2.38. The Morgan fingerprint density at radius 1 is 1.20 bits per heavy atom. The van der Waals surface area contributed by atoms with Crippen molar-refractivity contribution < 1.29 is 0 Å². The van der Waals surface area contributed by atoms with Gasteiger partial charge in [-0.3, -0.25) is 4.90 Å². The van der Waals surface area contributed by atoms with Gasteiger partial charge in [0.25, 0.3) is 0 Å². The number of aryl methyl sites for hydroxylation is 1. The van der Waals surface area contributed by atoms with Gasteiger partial charge in [0.15, 0.2) is 0 Å². The van der Waals surface area contributed by atoms with E-state index in [-0.39, 0.29) is 5.92 Å². The molecule has 0 heterocycles. The second-order valence-corrected chi connectivity index (χ2v) is 7.59. The van der Waals surface area contributed by atoms with Crippen LogP contribution in [0.2, 0.25) is 0 Å². The first-order valence-corrected chi connectivity index (χ1v) is 9.39. The van der Waals surface area contributed by atoms with Gasteiger partial charge in [0.2, 0.25) is 0 Å². The molecule has 2 heteroatoms. The molecule has 0 saturated heterocycles. The highest BCUT2D eigenvalue weighted by Gasteiger charge is 2.21. The average Bonchev–Trinajstić information content (AvgIpc) is 2.59. The van der Waals surface area contributed by atoms with Crippen molar-refractivity contribution >= 4 is 14.5 Å². The summed E-state index contributed by atoms with van der Waals surface area (Å²) in [6.07, 6.45) is 2.95. The Morgan fingerprint density at radius 3 is 2.48 bits per heavy atom. The minimum atomic E-state index is 0.267. The maximum absolute atomic E-state index is 4.39. The van der Waals surface area contributed by atoms with E-state index in [2.05, 4.69) is 96.7 Å². The molecule has 0 saturated carbocycles. The van der Waals surface area contributed by atoms with E-state index in [4.69, 9.17) is 0 Å². The Hall–Kier alpha value is -1.69. The third-order valence-corrected chi connectivity index (χ3v) is 5.36. The quantitative estimate of drug-likeness (QED) is 0.482. The number of hydrogen-bond acceptors (Lipinski definition) is 1. The highest BCUT2D eigenvalue weighted by molar-refractivity contribution is 7.27. The van der Waals surface area contributed by atoms with Crippen molar-refractivity contribution in [3.63, 3.8) is 0 Å². The molecule has 3 unspecified atom stereocenters. The number of hydrogen-bond donors (Lipinski definition) is 0. The third kappa shape index (κ3) is 5.39. The van der Waals surface area contributed by atoms with Crippen LogP contribution in [0.25, 0.3) is 0 Å². The topological polar surface area (TPSA) is 3.24 Å². The van der Waals surface area contributed by atoms with Crippen LogP contribution >= 0.6 is 9.24 Å². The van der Waals surface area contributed by atoms with E-state index in [0.29, 0.717) is 6.04 Å². The fourth-order valence-electron chi connectivity index (χ4n) is 3.27. The van der Waals surface area contributed by atoms with Crippen molar-refractivity contribution in [3.05, 3.63) is 90.0 Å². The van der Waals surface area contributed by atoms with Crippen LogP contribution in [0.15, 0.2) is 73.3 Å². The predicted molar refractivity (Wildman–Crippen MR) is 114 cm³/mol. The van der Waals surface area contributed by atoms with Gasteiger partial charge < -0.3 is 0 Å². The molecule has 1 nitrogen and oxygen atoms in total. The minimum Gasteiger partial charge on any atom is -0.299 e. The number of rotatable bonds is 8. The molecule has 0 aromatic heterocycles. The Balaban J connectivity index is 2.06. The second-order valence-electron chi connectivity index (χ2n) is 6.92. The van der Waals surface area contributed by atoms with Crippen LogP contribution in [0.3, 0.4) is 0 Å². The molecule has 0 aliphatic carbocycles. The summed E-state index contributed by atoms with van der Waals surface area (Å²) >= 11 is 0. The first-order chi connectivity index (χ1) is 11.9. The number of nitrogens with zero attached hydrogens (tertiary/aromatic N) is 1. The molecule has 3 atom stereocenters. The summed E-state index contributed by atoms with van der Waals surface area (Å²) in [6.45, 7) is 13.8. The normalized spacial score (nSPS) is 13.5. The zero-order valence-corrected chi connectivity index (χ0v) is 16.9.